The fourth-order valence-electron chi connectivity index (χ4n) is 3.03. The lowest BCUT2D eigenvalue weighted by molar-refractivity contribution is -0.121. The normalized spacial score (nSPS) is 17.2. The molecular weight excluding hydrogens is 332 g/mol. The quantitative estimate of drug-likeness (QED) is 0.852. The predicted molar refractivity (Wildman–Crippen MR) is 97.9 cm³/mol. The molecule has 3 rings (SSSR count). The number of piperazine rings is 1. The molecule has 0 unspecified atom stereocenters. The standard InChI is InChI=1S/C18H24N6O2/c1-4-24-13(3)9-15(22-24)18(26)23-8-7-19-11-16(23)17(25)21-14-6-5-12(2)20-10-14/h5-6,9-10,16,19H,4,7-8,11H2,1-3H3,(H,21,25)/t16-/m0/s1. The van der Waals surface area contributed by atoms with Gasteiger partial charge in [0.1, 0.15) is 6.04 Å². The maximum absolute atomic E-state index is 12.9. The fourth-order valence-corrected chi connectivity index (χ4v) is 3.03. The lowest BCUT2D eigenvalue weighted by Crippen LogP contribution is -2.58. The van der Waals surface area contributed by atoms with Gasteiger partial charge < -0.3 is 15.5 Å². The molecule has 0 radical (unpaired) electrons. The first-order valence-corrected chi connectivity index (χ1v) is 8.79. The van der Waals surface area contributed by atoms with E-state index >= 15 is 0 Å². The van der Waals surface area contributed by atoms with Crippen molar-refractivity contribution in [1.29, 1.82) is 0 Å². The van der Waals surface area contributed by atoms with Gasteiger partial charge in [-0.1, -0.05) is 0 Å². The number of carbonyl (C=O) groups is 2. The first-order valence-electron chi connectivity index (χ1n) is 8.79. The number of rotatable bonds is 4. The number of nitrogens with zero attached hydrogens (tertiary/aromatic N) is 4. The van der Waals surface area contributed by atoms with E-state index in [1.54, 1.807) is 27.9 Å². The molecule has 26 heavy (non-hydrogen) atoms. The fraction of sp³-hybridized carbons (Fsp3) is 0.444. The van der Waals surface area contributed by atoms with Crippen LogP contribution in [-0.4, -0.2) is 57.2 Å². The second-order valence-corrected chi connectivity index (χ2v) is 6.38. The summed E-state index contributed by atoms with van der Waals surface area (Å²) in [4.78, 5) is 31.4. The van der Waals surface area contributed by atoms with Crippen LogP contribution in [0.15, 0.2) is 24.4 Å². The summed E-state index contributed by atoms with van der Waals surface area (Å²) in [5.74, 6) is -0.452. The van der Waals surface area contributed by atoms with Crippen LogP contribution in [0.2, 0.25) is 0 Å². The number of hydrogen-bond acceptors (Lipinski definition) is 5. The summed E-state index contributed by atoms with van der Waals surface area (Å²) in [6.45, 7) is 7.99. The smallest absolute Gasteiger partial charge is 0.275 e. The highest BCUT2D eigenvalue weighted by Gasteiger charge is 2.33. The van der Waals surface area contributed by atoms with Gasteiger partial charge in [0.25, 0.3) is 5.91 Å². The number of aromatic nitrogens is 3. The SMILES string of the molecule is CCn1nc(C(=O)N2CCNC[C@H]2C(=O)Nc2ccc(C)nc2)cc1C. The first kappa shape index (κ1) is 18.1. The zero-order valence-electron chi connectivity index (χ0n) is 15.3. The maximum Gasteiger partial charge on any atom is 0.275 e. The van der Waals surface area contributed by atoms with Gasteiger partial charge in [0.15, 0.2) is 5.69 Å². The largest absolute Gasteiger partial charge is 0.323 e. The number of anilines is 1. The minimum absolute atomic E-state index is 0.219. The monoisotopic (exact) mass is 356 g/mol. The second kappa shape index (κ2) is 7.65. The van der Waals surface area contributed by atoms with Crippen LogP contribution < -0.4 is 10.6 Å². The molecule has 1 aliphatic heterocycles. The minimum atomic E-state index is -0.593. The van der Waals surface area contributed by atoms with Crippen LogP contribution >= 0.6 is 0 Å². The Kier molecular flexibility index (Phi) is 5.32. The zero-order chi connectivity index (χ0) is 18.7. The van der Waals surface area contributed by atoms with Crippen LogP contribution in [0.3, 0.4) is 0 Å². The maximum atomic E-state index is 12.9. The van der Waals surface area contributed by atoms with Gasteiger partial charge in [-0.3, -0.25) is 19.3 Å². The summed E-state index contributed by atoms with van der Waals surface area (Å²) < 4.78 is 1.78. The average Bonchev–Trinajstić information content (AvgIpc) is 3.03. The third-order valence-electron chi connectivity index (χ3n) is 4.49. The number of amides is 2. The Morgan fingerprint density at radius 1 is 1.35 bits per heavy atom. The van der Waals surface area contributed by atoms with Crippen LogP contribution in [0.4, 0.5) is 5.69 Å². The molecule has 1 aliphatic rings. The minimum Gasteiger partial charge on any atom is -0.323 e. The van der Waals surface area contributed by atoms with Crippen molar-refractivity contribution >= 4 is 17.5 Å². The van der Waals surface area contributed by atoms with E-state index in [2.05, 4.69) is 20.7 Å². The van der Waals surface area contributed by atoms with Gasteiger partial charge in [-0.15, -0.1) is 0 Å². The number of aryl methyl sites for hydroxylation is 3. The third kappa shape index (κ3) is 3.75. The topological polar surface area (TPSA) is 92.2 Å². The Hall–Kier alpha value is -2.74. The Balaban J connectivity index is 1.77. The van der Waals surface area contributed by atoms with E-state index in [4.69, 9.17) is 0 Å². The van der Waals surface area contributed by atoms with E-state index < -0.39 is 6.04 Å². The molecule has 1 fully saturated rings. The number of hydrogen-bond donors (Lipinski definition) is 2. The molecule has 0 aromatic carbocycles. The Morgan fingerprint density at radius 3 is 2.81 bits per heavy atom. The first-order chi connectivity index (χ1) is 12.5. The van der Waals surface area contributed by atoms with Gasteiger partial charge in [-0.25, -0.2) is 0 Å². The number of nitrogens with one attached hydrogen (secondary N) is 2. The van der Waals surface area contributed by atoms with E-state index in [1.807, 2.05) is 26.8 Å². The van der Waals surface area contributed by atoms with Gasteiger partial charge in [-0.05, 0) is 39.0 Å². The van der Waals surface area contributed by atoms with Crippen molar-refractivity contribution < 1.29 is 9.59 Å². The highest BCUT2D eigenvalue weighted by Crippen LogP contribution is 2.14. The van der Waals surface area contributed by atoms with Crippen LogP contribution in [0.25, 0.3) is 0 Å². The summed E-state index contributed by atoms with van der Waals surface area (Å²) in [6.07, 6.45) is 1.61. The molecule has 8 nitrogen and oxygen atoms in total. The van der Waals surface area contributed by atoms with Crippen LogP contribution in [0.1, 0.15) is 28.8 Å². The van der Waals surface area contributed by atoms with Gasteiger partial charge in [0.2, 0.25) is 5.91 Å². The van der Waals surface area contributed by atoms with Crippen molar-refractivity contribution in [3.05, 3.63) is 41.5 Å². The van der Waals surface area contributed by atoms with Gasteiger partial charge >= 0.3 is 0 Å². The van der Waals surface area contributed by atoms with Crippen molar-refractivity contribution in [2.45, 2.75) is 33.4 Å². The van der Waals surface area contributed by atoms with E-state index in [0.29, 0.717) is 37.6 Å². The van der Waals surface area contributed by atoms with Crippen molar-refractivity contribution in [1.82, 2.24) is 25.0 Å². The summed E-state index contributed by atoms with van der Waals surface area (Å²) >= 11 is 0. The highest BCUT2D eigenvalue weighted by molar-refractivity contribution is 6.00. The van der Waals surface area contributed by atoms with Crippen LogP contribution in [0.5, 0.6) is 0 Å². The highest BCUT2D eigenvalue weighted by atomic mass is 16.2. The molecule has 8 heteroatoms. The van der Waals surface area contributed by atoms with Gasteiger partial charge in [0.05, 0.1) is 11.9 Å². The average molecular weight is 356 g/mol. The lowest BCUT2D eigenvalue weighted by atomic mass is 10.1. The van der Waals surface area contributed by atoms with Gasteiger partial charge in [-0.2, -0.15) is 5.10 Å². The molecule has 2 N–H and O–H groups in total. The van der Waals surface area contributed by atoms with Crippen molar-refractivity contribution in [2.24, 2.45) is 0 Å². The molecule has 3 heterocycles. The van der Waals surface area contributed by atoms with Crippen molar-refractivity contribution in [2.75, 3.05) is 25.0 Å². The molecule has 1 saturated heterocycles. The molecule has 2 aromatic rings. The third-order valence-corrected chi connectivity index (χ3v) is 4.49. The molecule has 0 spiro atoms. The second-order valence-electron chi connectivity index (χ2n) is 6.38. The van der Waals surface area contributed by atoms with E-state index in [-0.39, 0.29) is 11.8 Å². The molecule has 138 valence electrons. The van der Waals surface area contributed by atoms with E-state index in [9.17, 15) is 9.59 Å². The Bertz CT molecular complexity index is 799. The van der Waals surface area contributed by atoms with Crippen LogP contribution in [-0.2, 0) is 11.3 Å². The van der Waals surface area contributed by atoms with Gasteiger partial charge in [0, 0.05) is 37.6 Å². The molecule has 0 bridgehead atoms. The number of pyridine rings is 1. The molecule has 0 saturated carbocycles. The van der Waals surface area contributed by atoms with E-state index in [0.717, 1.165) is 11.4 Å². The summed E-state index contributed by atoms with van der Waals surface area (Å²) in [7, 11) is 0. The summed E-state index contributed by atoms with van der Waals surface area (Å²) in [5, 5.41) is 10.4. The Morgan fingerprint density at radius 2 is 2.15 bits per heavy atom. The van der Waals surface area contributed by atoms with Crippen molar-refractivity contribution in [3.8, 4) is 0 Å². The summed E-state index contributed by atoms with van der Waals surface area (Å²) in [6, 6.07) is 4.81. The van der Waals surface area contributed by atoms with E-state index in [1.165, 1.54) is 0 Å². The predicted octanol–water partition coefficient (Wildman–Crippen LogP) is 0.968. The Labute approximate surface area is 152 Å². The van der Waals surface area contributed by atoms with Crippen molar-refractivity contribution in [3.63, 3.8) is 0 Å². The number of carbonyl (C=O) groups excluding carboxylic acids is 2. The summed E-state index contributed by atoms with van der Waals surface area (Å²) in [5.41, 5.74) is 2.80. The molecule has 1 atom stereocenters. The van der Waals surface area contributed by atoms with Crippen LogP contribution in [0, 0.1) is 13.8 Å². The molecular formula is C18H24N6O2. The lowest BCUT2D eigenvalue weighted by Gasteiger charge is -2.34. The molecule has 2 amide bonds. The molecule has 2 aromatic heterocycles. The zero-order valence-corrected chi connectivity index (χ0v) is 15.3. The molecule has 0 aliphatic carbocycles.